The SMILES string of the molecule is CC1=C/C(=C/CCCN2CCCC[C@]23C=C(C)C(=O)N3)NC1=O. The van der Waals surface area contributed by atoms with Gasteiger partial charge in [0.1, 0.15) is 5.66 Å². The number of amides is 2. The molecule has 1 spiro atoms. The van der Waals surface area contributed by atoms with Crippen molar-refractivity contribution in [2.24, 2.45) is 0 Å². The van der Waals surface area contributed by atoms with Gasteiger partial charge in [-0.15, -0.1) is 0 Å². The Kier molecular flexibility index (Phi) is 4.39. The predicted molar refractivity (Wildman–Crippen MR) is 89.3 cm³/mol. The molecule has 2 amide bonds. The molecule has 0 aliphatic carbocycles. The van der Waals surface area contributed by atoms with E-state index in [0.717, 1.165) is 55.6 Å². The van der Waals surface area contributed by atoms with Crippen molar-refractivity contribution >= 4 is 11.8 Å². The second-order valence-corrected chi connectivity index (χ2v) is 6.73. The van der Waals surface area contributed by atoms with Crippen molar-refractivity contribution in [1.82, 2.24) is 15.5 Å². The first kappa shape index (κ1) is 16.0. The summed E-state index contributed by atoms with van der Waals surface area (Å²) in [7, 11) is 0. The molecule has 0 aromatic carbocycles. The molecular weight excluding hydrogens is 290 g/mol. The molecule has 1 atom stereocenters. The second kappa shape index (κ2) is 6.32. The van der Waals surface area contributed by atoms with Crippen LogP contribution in [-0.2, 0) is 9.59 Å². The van der Waals surface area contributed by atoms with E-state index in [1.807, 2.05) is 19.9 Å². The van der Waals surface area contributed by atoms with Gasteiger partial charge in [0, 0.05) is 29.9 Å². The van der Waals surface area contributed by atoms with Gasteiger partial charge in [0.05, 0.1) is 0 Å². The molecule has 5 nitrogen and oxygen atoms in total. The van der Waals surface area contributed by atoms with E-state index >= 15 is 0 Å². The molecule has 2 N–H and O–H groups in total. The minimum Gasteiger partial charge on any atom is -0.331 e. The summed E-state index contributed by atoms with van der Waals surface area (Å²) in [5.41, 5.74) is 2.24. The highest BCUT2D eigenvalue weighted by molar-refractivity contribution is 5.98. The Morgan fingerprint density at radius 3 is 2.70 bits per heavy atom. The van der Waals surface area contributed by atoms with Crippen LogP contribution in [0.4, 0.5) is 0 Å². The van der Waals surface area contributed by atoms with Crippen LogP contribution in [0.15, 0.2) is 35.1 Å². The number of hydrogen-bond acceptors (Lipinski definition) is 3. The van der Waals surface area contributed by atoms with Crippen molar-refractivity contribution in [3.63, 3.8) is 0 Å². The number of rotatable bonds is 4. The lowest BCUT2D eigenvalue weighted by molar-refractivity contribution is -0.120. The summed E-state index contributed by atoms with van der Waals surface area (Å²) in [6.45, 7) is 5.69. The van der Waals surface area contributed by atoms with Crippen molar-refractivity contribution in [1.29, 1.82) is 0 Å². The molecule has 3 heterocycles. The third kappa shape index (κ3) is 3.24. The largest absolute Gasteiger partial charge is 0.331 e. The Bertz CT molecular complexity index is 618. The van der Waals surface area contributed by atoms with Gasteiger partial charge >= 0.3 is 0 Å². The Morgan fingerprint density at radius 1 is 1.22 bits per heavy atom. The lowest BCUT2D eigenvalue weighted by Crippen LogP contribution is -2.58. The minimum absolute atomic E-state index is 0.000476. The Balaban J connectivity index is 1.56. The van der Waals surface area contributed by atoms with Gasteiger partial charge in [-0.05, 0) is 58.1 Å². The number of likely N-dealkylation sites (tertiary alicyclic amines) is 1. The van der Waals surface area contributed by atoms with E-state index in [2.05, 4.69) is 27.7 Å². The molecule has 1 fully saturated rings. The molecular formula is C18H25N3O2. The molecule has 124 valence electrons. The van der Waals surface area contributed by atoms with Gasteiger partial charge in [-0.2, -0.15) is 0 Å². The molecule has 3 rings (SSSR count). The average molecular weight is 315 g/mol. The van der Waals surface area contributed by atoms with E-state index in [1.54, 1.807) is 0 Å². The normalized spacial score (nSPS) is 29.7. The summed E-state index contributed by atoms with van der Waals surface area (Å²) in [6.07, 6.45) is 11.3. The van der Waals surface area contributed by atoms with Crippen LogP contribution in [0.5, 0.6) is 0 Å². The van der Waals surface area contributed by atoms with E-state index in [9.17, 15) is 9.59 Å². The van der Waals surface area contributed by atoms with E-state index < -0.39 is 0 Å². The van der Waals surface area contributed by atoms with Crippen molar-refractivity contribution in [3.8, 4) is 0 Å². The first-order valence-corrected chi connectivity index (χ1v) is 8.47. The van der Waals surface area contributed by atoms with Gasteiger partial charge in [-0.25, -0.2) is 0 Å². The minimum atomic E-state index is -0.259. The number of nitrogens with one attached hydrogen (secondary N) is 2. The van der Waals surface area contributed by atoms with Crippen LogP contribution >= 0.6 is 0 Å². The van der Waals surface area contributed by atoms with E-state index in [-0.39, 0.29) is 17.5 Å². The van der Waals surface area contributed by atoms with Crippen LogP contribution in [0.25, 0.3) is 0 Å². The van der Waals surface area contributed by atoms with Gasteiger partial charge < -0.3 is 10.6 Å². The van der Waals surface area contributed by atoms with Crippen LogP contribution in [0.2, 0.25) is 0 Å². The van der Waals surface area contributed by atoms with Crippen LogP contribution in [-0.4, -0.2) is 35.5 Å². The van der Waals surface area contributed by atoms with E-state index in [1.165, 1.54) is 6.42 Å². The fraction of sp³-hybridized carbons (Fsp3) is 0.556. The van der Waals surface area contributed by atoms with Crippen molar-refractivity contribution < 1.29 is 9.59 Å². The number of nitrogens with zero attached hydrogens (tertiary/aromatic N) is 1. The summed E-state index contributed by atoms with van der Waals surface area (Å²) >= 11 is 0. The van der Waals surface area contributed by atoms with Crippen molar-refractivity contribution in [2.45, 2.75) is 51.6 Å². The molecule has 3 aliphatic heterocycles. The van der Waals surface area contributed by atoms with Crippen molar-refractivity contribution in [2.75, 3.05) is 13.1 Å². The molecule has 0 bridgehead atoms. The van der Waals surface area contributed by atoms with Crippen LogP contribution in [0, 0.1) is 0 Å². The smallest absolute Gasteiger partial charge is 0.251 e. The maximum atomic E-state index is 11.9. The Labute approximate surface area is 137 Å². The monoisotopic (exact) mass is 315 g/mol. The van der Waals surface area contributed by atoms with Crippen molar-refractivity contribution in [3.05, 3.63) is 35.1 Å². The highest BCUT2D eigenvalue weighted by Gasteiger charge is 2.42. The average Bonchev–Trinajstić information content (AvgIpc) is 2.97. The molecule has 0 saturated carbocycles. The zero-order valence-corrected chi connectivity index (χ0v) is 13.9. The van der Waals surface area contributed by atoms with Gasteiger partial charge in [-0.3, -0.25) is 14.5 Å². The molecule has 0 unspecified atom stereocenters. The highest BCUT2D eigenvalue weighted by Crippen LogP contribution is 2.32. The lowest BCUT2D eigenvalue weighted by Gasteiger charge is -2.43. The number of piperidine rings is 1. The molecule has 0 radical (unpaired) electrons. The van der Waals surface area contributed by atoms with Gasteiger partial charge in [0.25, 0.3) is 5.91 Å². The third-order valence-electron chi connectivity index (χ3n) is 4.93. The summed E-state index contributed by atoms with van der Waals surface area (Å²) in [4.78, 5) is 25.7. The van der Waals surface area contributed by atoms with Crippen LogP contribution < -0.4 is 10.6 Å². The molecule has 3 aliphatic rings. The predicted octanol–water partition coefficient (Wildman–Crippen LogP) is 1.98. The standard InChI is InChI=1S/C18H25N3O2/c1-13-11-15(19-16(13)22)7-3-5-9-21-10-6-4-8-18(21)12-14(2)17(23)20-18/h7,11-12H,3-6,8-10H2,1-2H3,(H,19,22)(H,20,23)/b15-7-/t18-/m1/s1. The summed E-state index contributed by atoms with van der Waals surface area (Å²) in [5, 5.41) is 6.03. The fourth-order valence-corrected chi connectivity index (χ4v) is 3.64. The first-order valence-electron chi connectivity index (χ1n) is 8.47. The molecule has 0 aromatic heterocycles. The van der Waals surface area contributed by atoms with Gasteiger partial charge in [-0.1, -0.05) is 6.08 Å². The summed E-state index contributed by atoms with van der Waals surface area (Å²) in [5.74, 6) is 0.0637. The van der Waals surface area contributed by atoms with E-state index in [4.69, 9.17) is 0 Å². The van der Waals surface area contributed by atoms with Crippen LogP contribution in [0.3, 0.4) is 0 Å². The lowest BCUT2D eigenvalue weighted by atomic mass is 9.95. The zero-order chi connectivity index (χ0) is 16.4. The summed E-state index contributed by atoms with van der Waals surface area (Å²) in [6, 6.07) is 0. The quantitative estimate of drug-likeness (QED) is 0.780. The zero-order valence-electron chi connectivity index (χ0n) is 13.9. The maximum absolute atomic E-state index is 11.9. The molecule has 1 saturated heterocycles. The number of unbranched alkanes of at least 4 members (excludes halogenated alkanes) is 1. The number of hydrogen-bond donors (Lipinski definition) is 2. The van der Waals surface area contributed by atoms with Gasteiger partial charge in [0.2, 0.25) is 5.91 Å². The van der Waals surface area contributed by atoms with Gasteiger partial charge in [0.15, 0.2) is 0 Å². The maximum Gasteiger partial charge on any atom is 0.251 e. The Hall–Kier alpha value is -1.88. The number of carbonyl (C=O) groups excluding carboxylic acids is 2. The molecule has 5 heteroatoms. The number of carbonyl (C=O) groups is 2. The molecule has 23 heavy (non-hydrogen) atoms. The highest BCUT2D eigenvalue weighted by atomic mass is 16.2. The number of allylic oxidation sites excluding steroid dienone is 2. The fourth-order valence-electron chi connectivity index (χ4n) is 3.64. The van der Waals surface area contributed by atoms with Crippen LogP contribution in [0.1, 0.15) is 46.0 Å². The first-order chi connectivity index (χ1) is 11.0. The second-order valence-electron chi connectivity index (χ2n) is 6.73. The van der Waals surface area contributed by atoms with E-state index in [0.29, 0.717) is 0 Å². The third-order valence-corrected chi connectivity index (χ3v) is 4.93. The molecule has 0 aromatic rings. The summed E-state index contributed by atoms with van der Waals surface area (Å²) < 4.78 is 0. The topological polar surface area (TPSA) is 61.4 Å². The Morgan fingerprint density at radius 2 is 2.04 bits per heavy atom.